The van der Waals surface area contributed by atoms with Crippen LogP contribution in [0.25, 0.3) is 0 Å². The number of fused-ring (bicyclic) bond motifs is 1. The molecule has 0 radical (unpaired) electrons. The molecular formula is C13H16FN3O4S. The first-order valence-electron chi connectivity index (χ1n) is 7.01. The van der Waals surface area contributed by atoms with Crippen LogP contribution < -0.4 is 5.73 Å². The van der Waals surface area contributed by atoms with Crippen molar-refractivity contribution in [3.8, 4) is 0 Å². The van der Waals surface area contributed by atoms with Gasteiger partial charge in [0, 0.05) is 19.1 Å². The van der Waals surface area contributed by atoms with E-state index in [1.807, 2.05) is 0 Å². The van der Waals surface area contributed by atoms with Crippen molar-refractivity contribution in [3.63, 3.8) is 0 Å². The molecule has 0 amide bonds. The van der Waals surface area contributed by atoms with Crippen LogP contribution in [0.5, 0.6) is 0 Å². The predicted octanol–water partition coefficient (Wildman–Crippen LogP) is 1.09. The highest BCUT2D eigenvalue weighted by Gasteiger charge is 2.46. The Morgan fingerprint density at radius 2 is 2.05 bits per heavy atom. The summed E-state index contributed by atoms with van der Waals surface area (Å²) < 4.78 is 40.2. The van der Waals surface area contributed by atoms with E-state index in [0.29, 0.717) is 0 Å². The Labute approximate surface area is 127 Å². The largest absolute Gasteiger partial charge is 0.327 e. The topological polar surface area (TPSA) is 107 Å². The van der Waals surface area contributed by atoms with Crippen molar-refractivity contribution in [3.05, 3.63) is 34.1 Å². The Kier molecular flexibility index (Phi) is 3.66. The highest BCUT2D eigenvalue weighted by molar-refractivity contribution is 7.89. The lowest BCUT2D eigenvalue weighted by Gasteiger charge is -2.18. The fourth-order valence-electron chi connectivity index (χ4n) is 3.48. The molecule has 1 aromatic rings. The first-order chi connectivity index (χ1) is 10.3. The molecule has 1 heterocycles. The van der Waals surface area contributed by atoms with E-state index in [9.17, 15) is 22.9 Å². The van der Waals surface area contributed by atoms with Gasteiger partial charge < -0.3 is 5.73 Å². The van der Waals surface area contributed by atoms with Gasteiger partial charge in [-0.15, -0.1) is 0 Å². The summed E-state index contributed by atoms with van der Waals surface area (Å²) in [5, 5.41) is 11.0. The Morgan fingerprint density at radius 3 is 2.68 bits per heavy atom. The molecule has 0 bridgehead atoms. The average Bonchev–Trinajstić information content (AvgIpc) is 3.01. The van der Waals surface area contributed by atoms with Gasteiger partial charge in [0.05, 0.1) is 4.92 Å². The van der Waals surface area contributed by atoms with Gasteiger partial charge >= 0.3 is 5.69 Å². The number of hydrogen-bond acceptors (Lipinski definition) is 5. The van der Waals surface area contributed by atoms with Gasteiger partial charge in [-0.2, -0.15) is 8.70 Å². The van der Waals surface area contributed by atoms with Crippen LogP contribution >= 0.6 is 0 Å². The van der Waals surface area contributed by atoms with E-state index < -0.39 is 31.3 Å². The van der Waals surface area contributed by atoms with Crippen molar-refractivity contribution < 1.29 is 17.7 Å². The smallest absolute Gasteiger partial charge is 0.324 e. The van der Waals surface area contributed by atoms with Crippen LogP contribution in [-0.4, -0.2) is 36.8 Å². The van der Waals surface area contributed by atoms with Gasteiger partial charge in [0.2, 0.25) is 15.8 Å². The average molecular weight is 329 g/mol. The number of rotatable bonds is 3. The Morgan fingerprint density at radius 1 is 1.32 bits per heavy atom. The van der Waals surface area contributed by atoms with Crippen molar-refractivity contribution >= 4 is 15.7 Å². The SMILES string of the molecule is NC1CCC2CN(S(=O)(=O)c3cccc(F)c3[N+](=O)[O-])CC12. The van der Waals surface area contributed by atoms with Crippen molar-refractivity contribution in [2.75, 3.05) is 13.1 Å². The quantitative estimate of drug-likeness (QED) is 0.660. The monoisotopic (exact) mass is 329 g/mol. The molecule has 3 rings (SSSR count). The van der Waals surface area contributed by atoms with Crippen molar-refractivity contribution in [2.24, 2.45) is 17.6 Å². The van der Waals surface area contributed by atoms with Gasteiger partial charge in [-0.25, -0.2) is 8.42 Å². The second kappa shape index (κ2) is 5.25. The summed E-state index contributed by atoms with van der Waals surface area (Å²) in [5.74, 6) is -0.901. The molecule has 1 aliphatic heterocycles. The standard InChI is InChI=1S/C13H16FN3O4S/c14-10-2-1-3-12(13(10)17(18)19)22(20,21)16-6-8-4-5-11(15)9(8)7-16/h1-3,8-9,11H,4-7,15H2. The minimum atomic E-state index is -4.11. The van der Waals surface area contributed by atoms with Crippen molar-refractivity contribution in [2.45, 2.75) is 23.8 Å². The number of para-hydroxylation sites is 1. The minimum absolute atomic E-state index is 0.0484. The van der Waals surface area contributed by atoms with Gasteiger partial charge in [0.25, 0.3) is 0 Å². The number of nitro groups is 1. The molecule has 2 N–H and O–H groups in total. The molecule has 7 nitrogen and oxygen atoms in total. The van der Waals surface area contributed by atoms with Crippen molar-refractivity contribution in [1.29, 1.82) is 0 Å². The molecule has 1 saturated carbocycles. The van der Waals surface area contributed by atoms with E-state index in [1.54, 1.807) is 0 Å². The zero-order valence-corrected chi connectivity index (χ0v) is 12.5. The number of hydrogen-bond donors (Lipinski definition) is 1. The van der Waals surface area contributed by atoms with Crippen LogP contribution in [-0.2, 0) is 10.0 Å². The predicted molar refractivity (Wildman–Crippen MR) is 76.0 cm³/mol. The lowest BCUT2D eigenvalue weighted by Crippen LogP contribution is -2.33. The zero-order chi connectivity index (χ0) is 16.1. The number of halogens is 1. The molecule has 2 aliphatic rings. The lowest BCUT2D eigenvalue weighted by atomic mass is 9.98. The second-order valence-electron chi connectivity index (χ2n) is 5.83. The minimum Gasteiger partial charge on any atom is -0.327 e. The highest BCUT2D eigenvalue weighted by atomic mass is 32.2. The second-order valence-corrected chi connectivity index (χ2v) is 7.74. The molecule has 1 aromatic carbocycles. The third-order valence-corrected chi connectivity index (χ3v) is 6.49. The van der Waals surface area contributed by atoms with Gasteiger partial charge in [0.15, 0.2) is 4.90 Å². The highest BCUT2D eigenvalue weighted by Crippen LogP contribution is 2.40. The van der Waals surface area contributed by atoms with Crippen molar-refractivity contribution in [1.82, 2.24) is 4.31 Å². The van der Waals surface area contributed by atoms with E-state index >= 15 is 0 Å². The first kappa shape index (κ1) is 15.3. The van der Waals surface area contributed by atoms with E-state index in [2.05, 4.69) is 0 Å². The van der Waals surface area contributed by atoms with Crippen LogP contribution in [0.3, 0.4) is 0 Å². The van der Waals surface area contributed by atoms with E-state index in [4.69, 9.17) is 5.73 Å². The summed E-state index contributed by atoms with van der Waals surface area (Å²) in [6.07, 6.45) is 1.71. The summed E-state index contributed by atoms with van der Waals surface area (Å²) in [5.41, 5.74) is 4.98. The van der Waals surface area contributed by atoms with E-state index in [0.717, 1.165) is 31.0 Å². The van der Waals surface area contributed by atoms with Crippen LogP contribution in [0.15, 0.2) is 23.1 Å². The first-order valence-corrected chi connectivity index (χ1v) is 8.45. The third-order valence-electron chi connectivity index (χ3n) is 4.63. The number of nitro benzene ring substituents is 1. The summed E-state index contributed by atoms with van der Waals surface area (Å²) in [6.45, 7) is 0.524. The molecule has 2 fully saturated rings. The van der Waals surface area contributed by atoms with E-state index in [1.165, 1.54) is 4.31 Å². The maximum absolute atomic E-state index is 13.7. The lowest BCUT2D eigenvalue weighted by molar-refractivity contribution is -0.390. The van der Waals surface area contributed by atoms with Gasteiger partial charge in [-0.05, 0) is 36.8 Å². The molecule has 9 heteroatoms. The van der Waals surface area contributed by atoms with Crippen LogP contribution in [0.4, 0.5) is 10.1 Å². The van der Waals surface area contributed by atoms with E-state index in [-0.39, 0.29) is 31.0 Å². The van der Waals surface area contributed by atoms with Gasteiger partial charge in [0.1, 0.15) is 0 Å². The maximum atomic E-state index is 13.7. The summed E-state index contributed by atoms with van der Waals surface area (Å²) >= 11 is 0. The van der Waals surface area contributed by atoms with Crippen LogP contribution in [0.2, 0.25) is 0 Å². The molecule has 1 aliphatic carbocycles. The zero-order valence-electron chi connectivity index (χ0n) is 11.7. The number of sulfonamides is 1. The third kappa shape index (κ3) is 2.29. The van der Waals surface area contributed by atoms with Gasteiger partial charge in [-0.1, -0.05) is 6.07 Å². The van der Waals surface area contributed by atoms with Crippen LogP contribution in [0, 0.1) is 27.8 Å². The molecule has 0 aromatic heterocycles. The maximum Gasteiger partial charge on any atom is 0.324 e. The molecule has 22 heavy (non-hydrogen) atoms. The molecule has 120 valence electrons. The fourth-order valence-corrected chi connectivity index (χ4v) is 5.18. The van der Waals surface area contributed by atoms with Crippen LogP contribution in [0.1, 0.15) is 12.8 Å². The molecule has 3 unspecified atom stereocenters. The Hall–Kier alpha value is -1.58. The molecule has 3 atom stereocenters. The molecular weight excluding hydrogens is 313 g/mol. The molecule has 1 saturated heterocycles. The summed E-state index contributed by atoms with van der Waals surface area (Å²) in [4.78, 5) is 9.43. The van der Waals surface area contributed by atoms with Gasteiger partial charge in [-0.3, -0.25) is 10.1 Å². The number of benzene rings is 1. The molecule has 0 spiro atoms. The Bertz CT molecular complexity index is 724. The Balaban J connectivity index is 1.99. The normalized spacial score (nSPS) is 28.7. The number of nitrogens with zero attached hydrogens (tertiary/aromatic N) is 2. The number of nitrogens with two attached hydrogens (primary N) is 1. The summed E-state index contributed by atoms with van der Waals surface area (Å²) in [6, 6.07) is 3.07. The fraction of sp³-hybridized carbons (Fsp3) is 0.538. The summed E-state index contributed by atoms with van der Waals surface area (Å²) in [7, 11) is -4.11.